The number of carbonyl (C=O) groups excluding carboxylic acids is 3. The Kier molecular flexibility index (Phi) is 3.78. The van der Waals surface area contributed by atoms with Crippen molar-refractivity contribution in [3.8, 4) is 0 Å². The first-order valence-corrected chi connectivity index (χ1v) is 8.39. The van der Waals surface area contributed by atoms with Gasteiger partial charge in [-0.05, 0) is 30.5 Å². The van der Waals surface area contributed by atoms with Crippen molar-refractivity contribution in [1.82, 2.24) is 15.1 Å². The van der Waals surface area contributed by atoms with Crippen molar-refractivity contribution in [2.24, 2.45) is 0 Å². The third-order valence-electron chi connectivity index (χ3n) is 4.76. The summed E-state index contributed by atoms with van der Waals surface area (Å²) in [6.45, 7) is 1.26. The van der Waals surface area contributed by atoms with Gasteiger partial charge in [0.25, 0.3) is 11.8 Å². The number of carbonyl (C=O) groups is 3. The Labute approximate surface area is 144 Å². The molecule has 1 N–H and O–H groups in total. The van der Waals surface area contributed by atoms with Crippen LogP contribution < -0.4 is 5.32 Å². The number of nitrogens with zero attached hydrogens (tertiary/aromatic N) is 2. The first-order valence-electron chi connectivity index (χ1n) is 8.39. The molecule has 25 heavy (non-hydrogen) atoms. The molecule has 2 aliphatic heterocycles. The summed E-state index contributed by atoms with van der Waals surface area (Å²) >= 11 is 0. The van der Waals surface area contributed by atoms with Crippen LogP contribution in [-0.2, 0) is 20.9 Å². The van der Waals surface area contributed by atoms with Crippen molar-refractivity contribution in [3.63, 3.8) is 0 Å². The number of fused-ring (bicyclic) bond motifs is 1. The zero-order valence-electron chi connectivity index (χ0n) is 13.6. The average Bonchev–Trinajstić information content (AvgIpc) is 3.33. The molecular formula is C18H18FN3O3. The van der Waals surface area contributed by atoms with Crippen molar-refractivity contribution in [2.45, 2.75) is 31.5 Å². The molecule has 1 aliphatic carbocycles. The van der Waals surface area contributed by atoms with Gasteiger partial charge in [-0.1, -0.05) is 12.1 Å². The molecule has 1 saturated carbocycles. The van der Waals surface area contributed by atoms with E-state index in [9.17, 15) is 18.8 Å². The number of Topliss-reactive ketones (excluding diaryl/α,β-unsaturated/α-hetero) is 1. The Morgan fingerprint density at radius 2 is 1.88 bits per heavy atom. The zero-order chi connectivity index (χ0) is 17.6. The lowest BCUT2D eigenvalue weighted by atomic mass is 10.0. The highest BCUT2D eigenvalue weighted by Crippen LogP contribution is 2.26. The molecule has 4 rings (SSSR count). The van der Waals surface area contributed by atoms with Gasteiger partial charge >= 0.3 is 0 Å². The van der Waals surface area contributed by atoms with E-state index in [-0.39, 0.29) is 29.2 Å². The van der Waals surface area contributed by atoms with Gasteiger partial charge in [-0.3, -0.25) is 14.4 Å². The molecule has 1 saturated heterocycles. The molecule has 6 nitrogen and oxygen atoms in total. The number of halogens is 1. The van der Waals surface area contributed by atoms with Crippen molar-refractivity contribution in [3.05, 3.63) is 47.4 Å². The number of rotatable bonds is 4. The van der Waals surface area contributed by atoms with E-state index >= 15 is 0 Å². The fraction of sp³-hybridized carbons (Fsp3) is 0.389. The second-order valence-corrected chi connectivity index (χ2v) is 6.68. The second kappa shape index (κ2) is 5.98. The van der Waals surface area contributed by atoms with E-state index in [4.69, 9.17) is 0 Å². The zero-order valence-corrected chi connectivity index (χ0v) is 13.6. The van der Waals surface area contributed by atoms with E-state index in [0.717, 1.165) is 18.4 Å². The molecule has 2 fully saturated rings. The average molecular weight is 343 g/mol. The van der Waals surface area contributed by atoms with Crippen molar-refractivity contribution in [1.29, 1.82) is 0 Å². The lowest BCUT2D eigenvalue weighted by Gasteiger charge is -2.36. The number of piperazine rings is 1. The smallest absolute Gasteiger partial charge is 0.256 e. The number of benzene rings is 1. The Bertz CT molecular complexity index is 770. The number of ketones is 1. The largest absolute Gasteiger partial charge is 0.357 e. The standard InChI is InChI=1S/C18H18FN3O3/c19-12-3-1-11(2-4-12)9-22-8-7-21-10-14(16(23)15(21)18(22)25)17(24)20-13-5-6-13/h1-4,10,13,15H,5-9H2,(H,20,24). The van der Waals surface area contributed by atoms with Crippen LogP contribution in [0.2, 0.25) is 0 Å². The van der Waals surface area contributed by atoms with E-state index in [1.54, 1.807) is 21.9 Å². The summed E-state index contributed by atoms with van der Waals surface area (Å²) in [5.74, 6) is -1.47. The number of amides is 2. The summed E-state index contributed by atoms with van der Waals surface area (Å²) in [4.78, 5) is 40.7. The third kappa shape index (κ3) is 3.01. The Balaban J connectivity index is 1.46. The van der Waals surface area contributed by atoms with E-state index in [2.05, 4.69) is 5.32 Å². The van der Waals surface area contributed by atoms with Gasteiger partial charge in [0.1, 0.15) is 11.4 Å². The summed E-state index contributed by atoms with van der Waals surface area (Å²) in [7, 11) is 0. The van der Waals surface area contributed by atoms with Crippen LogP contribution in [-0.4, -0.2) is 52.6 Å². The van der Waals surface area contributed by atoms with Gasteiger partial charge in [0.2, 0.25) is 5.78 Å². The molecule has 1 unspecified atom stereocenters. The second-order valence-electron chi connectivity index (χ2n) is 6.68. The van der Waals surface area contributed by atoms with Crippen molar-refractivity contribution in [2.75, 3.05) is 13.1 Å². The van der Waals surface area contributed by atoms with Crippen molar-refractivity contribution >= 4 is 17.6 Å². The van der Waals surface area contributed by atoms with E-state index in [1.807, 2.05) is 0 Å². The lowest BCUT2D eigenvalue weighted by molar-refractivity contribution is -0.144. The van der Waals surface area contributed by atoms with Crippen LogP contribution in [0.3, 0.4) is 0 Å². The summed E-state index contributed by atoms with van der Waals surface area (Å²) in [5, 5.41) is 2.79. The molecule has 0 spiro atoms. The van der Waals surface area contributed by atoms with Gasteiger partial charge in [0.05, 0.1) is 0 Å². The first kappa shape index (κ1) is 15.8. The monoisotopic (exact) mass is 343 g/mol. The van der Waals surface area contributed by atoms with Crippen LogP contribution in [0.25, 0.3) is 0 Å². The molecule has 1 atom stereocenters. The van der Waals surface area contributed by atoms with Crippen molar-refractivity contribution < 1.29 is 18.8 Å². The van der Waals surface area contributed by atoms with E-state index < -0.39 is 11.8 Å². The highest BCUT2D eigenvalue weighted by atomic mass is 19.1. The minimum Gasteiger partial charge on any atom is -0.357 e. The Morgan fingerprint density at radius 3 is 2.56 bits per heavy atom. The lowest BCUT2D eigenvalue weighted by Crippen LogP contribution is -2.55. The van der Waals surface area contributed by atoms with E-state index in [0.29, 0.717) is 19.6 Å². The minimum atomic E-state index is -0.950. The van der Waals surface area contributed by atoms with Crippen LogP contribution in [0, 0.1) is 5.82 Å². The first-order chi connectivity index (χ1) is 12.0. The topological polar surface area (TPSA) is 69.7 Å². The molecule has 0 radical (unpaired) electrons. The third-order valence-corrected chi connectivity index (χ3v) is 4.76. The molecule has 2 heterocycles. The molecule has 0 aromatic heterocycles. The van der Waals surface area contributed by atoms with Crippen LogP contribution in [0.15, 0.2) is 36.0 Å². The molecular weight excluding hydrogens is 325 g/mol. The van der Waals surface area contributed by atoms with Gasteiger partial charge in [-0.15, -0.1) is 0 Å². The Morgan fingerprint density at radius 1 is 1.16 bits per heavy atom. The van der Waals surface area contributed by atoms with Crippen LogP contribution in [0.5, 0.6) is 0 Å². The molecule has 130 valence electrons. The minimum absolute atomic E-state index is 0.0638. The Hall–Kier alpha value is -2.70. The van der Waals surface area contributed by atoms with Gasteiger partial charge in [0.15, 0.2) is 6.04 Å². The molecule has 0 bridgehead atoms. The summed E-state index contributed by atoms with van der Waals surface area (Å²) < 4.78 is 13.0. The predicted octanol–water partition coefficient (Wildman–Crippen LogP) is 0.584. The fourth-order valence-corrected chi connectivity index (χ4v) is 3.20. The van der Waals surface area contributed by atoms with E-state index in [1.165, 1.54) is 18.3 Å². The molecule has 1 aromatic rings. The van der Waals surface area contributed by atoms with Gasteiger partial charge in [-0.25, -0.2) is 4.39 Å². The summed E-state index contributed by atoms with van der Waals surface area (Å²) in [5.41, 5.74) is 0.863. The highest BCUT2D eigenvalue weighted by Gasteiger charge is 2.46. The predicted molar refractivity (Wildman–Crippen MR) is 86.6 cm³/mol. The fourth-order valence-electron chi connectivity index (χ4n) is 3.20. The number of hydrogen-bond donors (Lipinski definition) is 1. The van der Waals surface area contributed by atoms with Crippen LogP contribution in [0.4, 0.5) is 4.39 Å². The number of nitrogens with one attached hydrogen (secondary N) is 1. The molecule has 2 amide bonds. The molecule has 7 heteroatoms. The SMILES string of the molecule is O=C(NC1CC1)C1=CN2CCN(Cc3ccc(F)cc3)C(=O)C2C1=O. The summed E-state index contributed by atoms with van der Waals surface area (Å²) in [6, 6.07) is 5.15. The van der Waals surface area contributed by atoms with Crippen LogP contribution in [0.1, 0.15) is 18.4 Å². The molecule has 3 aliphatic rings. The van der Waals surface area contributed by atoms with Gasteiger partial charge in [-0.2, -0.15) is 0 Å². The van der Waals surface area contributed by atoms with Gasteiger partial charge < -0.3 is 15.1 Å². The number of hydrogen-bond acceptors (Lipinski definition) is 4. The normalized spacial score (nSPS) is 22.8. The molecule has 1 aromatic carbocycles. The quantitative estimate of drug-likeness (QED) is 0.642. The van der Waals surface area contributed by atoms with Crippen LogP contribution >= 0.6 is 0 Å². The maximum Gasteiger partial charge on any atom is 0.256 e. The maximum absolute atomic E-state index is 13.0. The maximum atomic E-state index is 13.0. The van der Waals surface area contributed by atoms with Gasteiger partial charge in [0, 0.05) is 31.9 Å². The highest BCUT2D eigenvalue weighted by molar-refractivity contribution is 6.28. The summed E-state index contributed by atoms with van der Waals surface area (Å²) in [6.07, 6.45) is 3.38.